The van der Waals surface area contributed by atoms with Gasteiger partial charge in [-0.1, -0.05) is 105 Å². The van der Waals surface area contributed by atoms with Crippen molar-refractivity contribution in [3.8, 4) is 0 Å². The highest BCUT2D eigenvalue weighted by molar-refractivity contribution is 7.92. The molecule has 0 spiro atoms. The molecule has 0 radical (unpaired) electrons. The van der Waals surface area contributed by atoms with Gasteiger partial charge in [-0.2, -0.15) is 0 Å². The van der Waals surface area contributed by atoms with Crippen LogP contribution in [0.3, 0.4) is 0 Å². The number of amides is 6. The number of hydrogen-bond donors (Lipinski definition) is 5. The number of sulfonamides is 1. The van der Waals surface area contributed by atoms with E-state index in [0.29, 0.717) is 24.9 Å². The zero-order valence-electron chi connectivity index (χ0n) is 42.7. The number of nitrogens with zero attached hydrogens (tertiary/aromatic N) is 3. The third-order valence-electron chi connectivity index (χ3n) is 12.9. The molecular formula is C54H69N7O11S. The summed E-state index contributed by atoms with van der Waals surface area (Å²) in [6, 6.07) is 25.4. The number of hydrogen-bond acceptors (Lipinski definition) is 11. The molecule has 0 saturated carbocycles. The predicted octanol–water partition coefficient (Wildman–Crippen LogP) is 3.93. The van der Waals surface area contributed by atoms with Crippen LogP contribution in [0.5, 0.6) is 0 Å². The molecule has 392 valence electrons. The molecule has 4 aromatic rings. The van der Waals surface area contributed by atoms with Crippen molar-refractivity contribution in [1.29, 1.82) is 0 Å². The fourth-order valence-corrected chi connectivity index (χ4v) is 9.20. The minimum absolute atomic E-state index is 0.00560. The number of carbonyl (C=O) groups excluding carboxylic acids is 7. The monoisotopic (exact) mass is 1020 g/mol. The molecule has 73 heavy (non-hydrogen) atoms. The van der Waals surface area contributed by atoms with Crippen molar-refractivity contribution in [2.24, 2.45) is 5.92 Å². The van der Waals surface area contributed by atoms with Crippen LogP contribution in [-0.4, -0.2) is 135 Å². The fraction of sp³-hybridized carbons (Fsp3) is 0.426. The number of aliphatic hydroxyl groups excluding tert-OH is 1. The summed E-state index contributed by atoms with van der Waals surface area (Å²) in [5.41, 5.74) is 2.21. The van der Waals surface area contributed by atoms with Crippen LogP contribution in [-0.2, 0) is 51.6 Å². The summed E-state index contributed by atoms with van der Waals surface area (Å²) in [4.78, 5) is 99.4. The Morgan fingerprint density at radius 2 is 1.30 bits per heavy atom. The SMILES string of the molecule is COC(=O)[C@@H]1CCCN1C(=O)[C@@H](Cc1ccccc1)N(C)C(=O)[C@H](C)NC(=O)[C@H](CC(C)C)NC(=O)C[C@H](O)[C@H](Cc1ccccc1)NC(=O)c1cc(C(=O)N[C@H](C)c2ccccc2)cc(N(C)S(C)(=O)=O)c1. The van der Waals surface area contributed by atoms with Crippen molar-refractivity contribution >= 4 is 57.1 Å². The van der Waals surface area contributed by atoms with Gasteiger partial charge in [0.05, 0.1) is 43.7 Å². The molecule has 6 amide bonds. The summed E-state index contributed by atoms with van der Waals surface area (Å²) in [6.45, 7) is 7.25. The summed E-state index contributed by atoms with van der Waals surface area (Å²) in [5, 5.41) is 22.9. The Morgan fingerprint density at radius 3 is 1.85 bits per heavy atom. The van der Waals surface area contributed by atoms with Gasteiger partial charge in [-0.15, -0.1) is 0 Å². The van der Waals surface area contributed by atoms with Crippen LogP contribution >= 0.6 is 0 Å². The molecule has 5 N–H and O–H groups in total. The average Bonchev–Trinajstić information content (AvgIpc) is 3.87. The molecular weight excluding hydrogens is 955 g/mol. The first-order chi connectivity index (χ1) is 34.6. The van der Waals surface area contributed by atoms with Crippen molar-refractivity contribution in [3.63, 3.8) is 0 Å². The van der Waals surface area contributed by atoms with E-state index >= 15 is 0 Å². The number of carbonyl (C=O) groups is 7. The summed E-state index contributed by atoms with van der Waals surface area (Å²) in [5.74, 6) is -4.47. The minimum Gasteiger partial charge on any atom is -0.467 e. The van der Waals surface area contributed by atoms with Gasteiger partial charge in [-0.3, -0.25) is 33.1 Å². The van der Waals surface area contributed by atoms with E-state index in [1.807, 2.05) is 74.5 Å². The topological polar surface area (TPSA) is 241 Å². The van der Waals surface area contributed by atoms with Crippen molar-refractivity contribution < 1.29 is 51.8 Å². The lowest BCUT2D eigenvalue weighted by Crippen LogP contribution is -2.58. The Balaban J connectivity index is 1.33. The van der Waals surface area contributed by atoms with Crippen LogP contribution in [0.2, 0.25) is 0 Å². The normalized spacial score (nSPS) is 15.9. The Labute approximate surface area is 428 Å². The minimum atomic E-state index is -3.85. The van der Waals surface area contributed by atoms with Gasteiger partial charge in [-0.05, 0) is 80.3 Å². The Bertz CT molecular complexity index is 2670. The number of ether oxygens (including phenoxy) is 1. The van der Waals surface area contributed by atoms with Gasteiger partial charge in [0.1, 0.15) is 24.2 Å². The molecule has 19 heteroatoms. The van der Waals surface area contributed by atoms with Crippen LogP contribution in [0.1, 0.15) is 96.8 Å². The van der Waals surface area contributed by atoms with Gasteiger partial charge < -0.3 is 40.9 Å². The number of likely N-dealkylation sites (N-methyl/N-ethyl adjacent to an activating group) is 1. The summed E-state index contributed by atoms with van der Waals surface area (Å²) < 4.78 is 31.3. The molecule has 4 aromatic carbocycles. The molecule has 1 heterocycles. The van der Waals surface area contributed by atoms with Crippen LogP contribution in [0.4, 0.5) is 5.69 Å². The maximum Gasteiger partial charge on any atom is 0.328 e. The van der Waals surface area contributed by atoms with Crippen LogP contribution < -0.4 is 25.6 Å². The lowest BCUT2D eigenvalue weighted by atomic mass is 9.97. The third kappa shape index (κ3) is 15.9. The molecule has 0 aliphatic carbocycles. The largest absolute Gasteiger partial charge is 0.467 e. The van der Waals surface area contributed by atoms with E-state index in [0.717, 1.165) is 21.7 Å². The van der Waals surface area contributed by atoms with Crippen LogP contribution in [0, 0.1) is 5.92 Å². The van der Waals surface area contributed by atoms with Gasteiger partial charge in [0.2, 0.25) is 33.7 Å². The highest BCUT2D eigenvalue weighted by atomic mass is 32.2. The standard InChI is InChI=1S/C54H69N7O11S/c1-34(2)27-44(51(66)56-36(4)52(67)59(5)46(29-38-21-14-10-15-22-38)53(68)61-26-18-25-45(61)54(69)72-7)57-48(63)33-47(62)43(28-37-19-12-9-13-20-37)58-50(65)41-30-40(31-42(32-41)60(6)73(8,70)71)49(64)55-35(3)39-23-16-11-17-24-39/h9-17,19-24,30-32,34-36,43-47,62H,18,25-29,33H2,1-8H3,(H,55,64)(H,56,66)(H,57,63)(H,58,65)/t35-,36+,43+,44+,45+,46-,47+/m1/s1. The first-order valence-corrected chi connectivity index (χ1v) is 26.2. The number of rotatable bonds is 23. The van der Waals surface area contributed by atoms with Gasteiger partial charge in [-0.25, -0.2) is 13.2 Å². The molecule has 1 saturated heterocycles. The van der Waals surface area contributed by atoms with Crippen molar-refractivity contribution in [3.05, 3.63) is 137 Å². The molecule has 0 bridgehead atoms. The summed E-state index contributed by atoms with van der Waals surface area (Å²) in [6.07, 6.45) is 0.186. The zero-order chi connectivity index (χ0) is 53.6. The Kier molecular flexibility index (Phi) is 20.2. The molecule has 1 aliphatic heterocycles. The molecule has 18 nitrogen and oxygen atoms in total. The lowest BCUT2D eigenvalue weighted by Gasteiger charge is -2.34. The van der Waals surface area contributed by atoms with Crippen molar-refractivity contribution in [2.75, 3.05) is 38.3 Å². The number of aliphatic hydroxyl groups is 1. The molecule has 7 atom stereocenters. The third-order valence-corrected chi connectivity index (χ3v) is 14.1. The summed E-state index contributed by atoms with van der Waals surface area (Å²) in [7, 11) is 0.159. The number of nitrogens with one attached hydrogen (secondary N) is 4. The van der Waals surface area contributed by atoms with Crippen molar-refractivity contribution in [1.82, 2.24) is 31.1 Å². The molecule has 1 aliphatic rings. The second-order valence-corrected chi connectivity index (χ2v) is 21.0. The number of benzene rings is 4. The smallest absolute Gasteiger partial charge is 0.328 e. The van der Waals surface area contributed by atoms with E-state index in [2.05, 4.69) is 21.3 Å². The van der Waals surface area contributed by atoms with Crippen LogP contribution in [0.15, 0.2) is 109 Å². The maximum atomic E-state index is 14.2. The molecule has 0 unspecified atom stereocenters. The van der Waals surface area contributed by atoms with E-state index in [1.165, 1.54) is 56.1 Å². The van der Waals surface area contributed by atoms with E-state index in [4.69, 9.17) is 4.74 Å². The quantitative estimate of drug-likeness (QED) is 0.0667. The number of anilines is 1. The highest BCUT2D eigenvalue weighted by Crippen LogP contribution is 2.25. The first kappa shape index (κ1) is 56.8. The second kappa shape index (κ2) is 26.0. The fourth-order valence-electron chi connectivity index (χ4n) is 8.71. The number of likely N-dealkylation sites (tertiary alicyclic amines) is 1. The van der Waals surface area contributed by atoms with Crippen molar-refractivity contribution in [2.45, 2.75) is 109 Å². The van der Waals surface area contributed by atoms with Gasteiger partial charge in [0.15, 0.2) is 0 Å². The predicted molar refractivity (Wildman–Crippen MR) is 276 cm³/mol. The number of methoxy groups -OCH3 is 1. The van der Waals surface area contributed by atoms with Crippen LogP contribution in [0.25, 0.3) is 0 Å². The van der Waals surface area contributed by atoms with Gasteiger partial charge >= 0.3 is 5.97 Å². The first-order valence-electron chi connectivity index (χ1n) is 24.3. The van der Waals surface area contributed by atoms with Gasteiger partial charge in [0.25, 0.3) is 11.8 Å². The van der Waals surface area contributed by atoms with E-state index in [-0.39, 0.29) is 42.0 Å². The number of esters is 1. The molecule has 5 rings (SSSR count). The zero-order valence-corrected chi connectivity index (χ0v) is 43.6. The van der Waals surface area contributed by atoms with E-state index in [1.54, 1.807) is 37.3 Å². The van der Waals surface area contributed by atoms with E-state index in [9.17, 15) is 47.1 Å². The molecule has 0 aromatic heterocycles. The van der Waals surface area contributed by atoms with Gasteiger partial charge in [0, 0.05) is 38.2 Å². The highest BCUT2D eigenvalue weighted by Gasteiger charge is 2.41. The second-order valence-electron chi connectivity index (χ2n) is 19.0. The lowest BCUT2D eigenvalue weighted by molar-refractivity contribution is -0.154. The van der Waals surface area contributed by atoms with E-state index < -0.39 is 100 Å². The molecule has 1 fully saturated rings. The summed E-state index contributed by atoms with van der Waals surface area (Å²) >= 11 is 0. The Morgan fingerprint density at radius 1 is 0.753 bits per heavy atom. The average molecular weight is 1020 g/mol. The maximum absolute atomic E-state index is 14.2. The Hall–Kier alpha value is -7.12.